The Hall–Kier alpha value is -1.61. The molecular weight excluding hydrogens is 190 g/mol. The molecule has 0 saturated carbocycles. The molecule has 0 radical (unpaired) electrons. The van der Waals surface area contributed by atoms with Crippen LogP contribution in [0.15, 0.2) is 43.0 Å². The summed E-state index contributed by atoms with van der Waals surface area (Å²) in [5.74, 6) is -0.222. The molecule has 3 heteroatoms. The Morgan fingerprint density at radius 3 is 2.67 bits per heavy atom. The van der Waals surface area contributed by atoms with E-state index in [9.17, 15) is 4.79 Å². The van der Waals surface area contributed by atoms with Gasteiger partial charge in [0.25, 0.3) is 5.91 Å². The predicted molar refractivity (Wildman–Crippen MR) is 58.8 cm³/mol. The number of benzene rings is 1. The molecule has 0 saturated heterocycles. The number of rotatable bonds is 5. The van der Waals surface area contributed by atoms with Crippen molar-refractivity contribution in [3.05, 3.63) is 48.6 Å². The molecule has 15 heavy (non-hydrogen) atoms. The van der Waals surface area contributed by atoms with E-state index in [1.54, 1.807) is 0 Å². The van der Waals surface area contributed by atoms with Crippen molar-refractivity contribution in [2.24, 2.45) is 0 Å². The van der Waals surface area contributed by atoms with Gasteiger partial charge in [-0.3, -0.25) is 9.63 Å². The first-order chi connectivity index (χ1) is 7.27. The maximum Gasteiger partial charge on any atom is 0.269 e. The van der Waals surface area contributed by atoms with Gasteiger partial charge >= 0.3 is 0 Å². The molecule has 0 bridgehead atoms. The molecule has 0 atom stereocenters. The quantitative estimate of drug-likeness (QED) is 0.544. The van der Waals surface area contributed by atoms with Crippen LogP contribution < -0.4 is 0 Å². The van der Waals surface area contributed by atoms with Crippen LogP contribution in [0.25, 0.3) is 0 Å². The van der Waals surface area contributed by atoms with E-state index >= 15 is 0 Å². The maximum absolute atomic E-state index is 11.4. The Balaban J connectivity index is 2.66. The topological polar surface area (TPSA) is 29.5 Å². The summed E-state index contributed by atoms with van der Waals surface area (Å²) in [7, 11) is 0. The fourth-order valence-corrected chi connectivity index (χ4v) is 1.19. The highest BCUT2D eigenvalue weighted by Crippen LogP contribution is 2.05. The van der Waals surface area contributed by atoms with Gasteiger partial charge in [0.1, 0.15) is 0 Å². The lowest BCUT2D eigenvalue weighted by molar-refractivity contribution is -0.182. The fourth-order valence-electron chi connectivity index (χ4n) is 1.19. The molecule has 1 aromatic rings. The Morgan fingerprint density at radius 2 is 2.13 bits per heavy atom. The minimum absolute atomic E-state index is 0.222. The number of carbonyl (C=O) groups excluding carboxylic acids is 1. The van der Waals surface area contributed by atoms with E-state index in [1.165, 1.54) is 11.1 Å². The van der Waals surface area contributed by atoms with Crippen molar-refractivity contribution in [3.63, 3.8) is 0 Å². The maximum atomic E-state index is 11.4. The van der Waals surface area contributed by atoms with Crippen LogP contribution in [-0.2, 0) is 16.2 Å². The standard InChI is InChI=1S/C12H15NO2/c1-3-12(14)13(15-4-2)10-11-8-6-5-7-9-11/h3,5-9H,1,4,10H2,2H3. The Kier molecular flexibility index (Phi) is 4.57. The molecule has 1 rings (SSSR count). The van der Waals surface area contributed by atoms with E-state index in [0.29, 0.717) is 13.2 Å². The number of hydroxylamine groups is 2. The zero-order valence-electron chi connectivity index (χ0n) is 8.85. The monoisotopic (exact) mass is 205 g/mol. The van der Waals surface area contributed by atoms with Crippen molar-refractivity contribution < 1.29 is 9.63 Å². The molecule has 1 aromatic carbocycles. The number of hydrogen-bond donors (Lipinski definition) is 0. The minimum atomic E-state index is -0.222. The molecule has 1 amide bonds. The number of hydrogen-bond acceptors (Lipinski definition) is 2. The smallest absolute Gasteiger partial charge is 0.269 e. The van der Waals surface area contributed by atoms with Crippen molar-refractivity contribution in [2.45, 2.75) is 13.5 Å². The second-order valence-electron chi connectivity index (χ2n) is 2.98. The Morgan fingerprint density at radius 1 is 1.47 bits per heavy atom. The second-order valence-corrected chi connectivity index (χ2v) is 2.98. The molecule has 0 unspecified atom stereocenters. The largest absolute Gasteiger partial charge is 0.271 e. The van der Waals surface area contributed by atoms with E-state index in [0.717, 1.165) is 5.56 Å². The summed E-state index contributed by atoms with van der Waals surface area (Å²) >= 11 is 0. The molecule has 0 aliphatic rings. The normalized spacial score (nSPS) is 9.67. The van der Waals surface area contributed by atoms with E-state index in [1.807, 2.05) is 37.3 Å². The molecular formula is C12H15NO2. The van der Waals surface area contributed by atoms with Crippen molar-refractivity contribution >= 4 is 5.91 Å². The average molecular weight is 205 g/mol. The van der Waals surface area contributed by atoms with Crippen LogP contribution in [0, 0.1) is 0 Å². The second kappa shape index (κ2) is 5.98. The first-order valence-corrected chi connectivity index (χ1v) is 4.88. The highest BCUT2D eigenvalue weighted by atomic mass is 16.7. The van der Waals surface area contributed by atoms with Crippen LogP contribution in [0.4, 0.5) is 0 Å². The minimum Gasteiger partial charge on any atom is -0.271 e. The summed E-state index contributed by atoms with van der Waals surface area (Å²) in [6.07, 6.45) is 1.25. The van der Waals surface area contributed by atoms with Crippen LogP contribution in [0.5, 0.6) is 0 Å². The summed E-state index contributed by atoms with van der Waals surface area (Å²) < 4.78 is 0. The van der Waals surface area contributed by atoms with Gasteiger partial charge in [-0.25, -0.2) is 5.06 Å². The van der Waals surface area contributed by atoms with Crippen molar-refractivity contribution in [1.29, 1.82) is 0 Å². The fraction of sp³-hybridized carbons (Fsp3) is 0.250. The van der Waals surface area contributed by atoms with Gasteiger partial charge < -0.3 is 0 Å². The van der Waals surface area contributed by atoms with Crippen LogP contribution in [0.1, 0.15) is 12.5 Å². The van der Waals surface area contributed by atoms with Crippen molar-refractivity contribution in [3.8, 4) is 0 Å². The first kappa shape index (κ1) is 11.5. The first-order valence-electron chi connectivity index (χ1n) is 4.88. The van der Waals surface area contributed by atoms with Gasteiger partial charge in [0, 0.05) is 0 Å². The molecule has 3 nitrogen and oxygen atoms in total. The van der Waals surface area contributed by atoms with Gasteiger partial charge in [-0.1, -0.05) is 36.9 Å². The molecule has 0 aromatic heterocycles. The zero-order chi connectivity index (χ0) is 11.1. The van der Waals surface area contributed by atoms with E-state index in [2.05, 4.69) is 6.58 Å². The van der Waals surface area contributed by atoms with Crippen molar-refractivity contribution in [2.75, 3.05) is 6.61 Å². The van der Waals surface area contributed by atoms with Crippen LogP contribution in [0.3, 0.4) is 0 Å². The highest BCUT2D eigenvalue weighted by Gasteiger charge is 2.10. The van der Waals surface area contributed by atoms with E-state index in [-0.39, 0.29) is 5.91 Å². The summed E-state index contributed by atoms with van der Waals surface area (Å²) in [4.78, 5) is 16.6. The lowest BCUT2D eigenvalue weighted by Crippen LogP contribution is -2.29. The SMILES string of the molecule is C=CC(=O)N(Cc1ccccc1)OCC. The van der Waals surface area contributed by atoms with Crippen LogP contribution >= 0.6 is 0 Å². The molecule has 0 fully saturated rings. The van der Waals surface area contributed by atoms with Gasteiger partial charge in [0.05, 0.1) is 13.2 Å². The third-order valence-electron chi connectivity index (χ3n) is 1.87. The summed E-state index contributed by atoms with van der Waals surface area (Å²) in [6, 6.07) is 9.68. The highest BCUT2D eigenvalue weighted by molar-refractivity contribution is 5.86. The summed E-state index contributed by atoms with van der Waals surface area (Å²) in [5, 5.41) is 1.31. The van der Waals surface area contributed by atoms with E-state index in [4.69, 9.17) is 4.84 Å². The lowest BCUT2D eigenvalue weighted by Gasteiger charge is -2.19. The van der Waals surface area contributed by atoms with Gasteiger partial charge in [-0.05, 0) is 18.6 Å². The zero-order valence-corrected chi connectivity index (χ0v) is 8.85. The Labute approximate surface area is 89.9 Å². The Bertz CT molecular complexity index is 322. The van der Waals surface area contributed by atoms with Crippen LogP contribution in [0.2, 0.25) is 0 Å². The van der Waals surface area contributed by atoms with Gasteiger partial charge in [-0.15, -0.1) is 0 Å². The summed E-state index contributed by atoms with van der Waals surface area (Å²) in [5.41, 5.74) is 1.03. The third-order valence-corrected chi connectivity index (χ3v) is 1.87. The van der Waals surface area contributed by atoms with E-state index < -0.39 is 0 Å². The van der Waals surface area contributed by atoms with Crippen molar-refractivity contribution in [1.82, 2.24) is 5.06 Å². The van der Waals surface area contributed by atoms with Gasteiger partial charge in [0.2, 0.25) is 0 Å². The molecule has 0 heterocycles. The van der Waals surface area contributed by atoms with Crippen LogP contribution in [-0.4, -0.2) is 17.6 Å². The number of carbonyl (C=O) groups is 1. The molecule has 0 aliphatic heterocycles. The van der Waals surface area contributed by atoms with Gasteiger partial charge in [-0.2, -0.15) is 0 Å². The molecule has 80 valence electrons. The average Bonchev–Trinajstić information content (AvgIpc) is 2.29. The molecule has 0 aliphatic carbocycles. The predicted octanol–water partition coefficient (Wildman–Crippen LogP) is 2.15. The van der Waals surface area contributed by atoms with Gasteiger partial charge in [0.15, 0.2) is 0 Å². The third kappa shape index (κ3) is 3.56. The number of nitrogens with zero attached hydrogens (tertiary/aromatic N) is 1. The molecule has 0 spiro atoms. The number of amides is 1. The molecule has 0 N–H and O–H groups in total. The summed E-state index contributed by atoms with van der Waals surface area (Å²) in [6.45, 7) is 6.18. The lowest BCUT2D eigenvalue weighted by atomic mass is 10.2.